The maximum Gasteiger partial charge on any atom is 0.311 e. The molecule has 1 amide bonds. The summed E-state index contributed by atoms with van der Waals surface area (Å²) in [6.45, 7) is 0. The van der Waals surface area contributed by atoms with Gasteiger partial charge in [-0.1, -0.05) is 12.1 Å². The van der Waals surface area contributed by atoms with Crippen molar-refractivity contribution in [3.63, 3.8) is 0 Å². The van der Waals surface area contributed by atoms with Crippen molar-refractivity contribution in [2.45, 2.75) is 25.3 Å². The Kier molecular flexibility index (Phi) is 4.03. The van der Waals surface area contributed by atoms with Crippen molar-refractivity contribution in [3.8, 4) is 11.3 Å². The number of methoxy groups -OCH3 is 1. The minimum absolute atomic E-state index is 0.132. The standard InChI is InChI=1S/C19H20N2O4/c1-24-19(23)16-13-6-7-14(8-13)17(16)21-18(22)12-4-2-11(3-5-12)15-9-20-10-25-15/h2-5,9-10,13-14,16-17H,6-8H2,1H3,(H,21,22)/t13-,14-,16+,17+/m0/s1. The SMILES string of the molecule is COC(=O)[C@@H]1[C@H]2CC[C@@H](C2)[C@H]1NC(=O)c1ccc(-c2cnco2)cc1. The van der Waals surface area contributed by atoms with Crippen molar-refractivity contribution in [2.75, 3.05) is 7.11 Å². The molecule has 1 aromatic heterocycles. The lowest BCUT2D eigenvalue weighted by Crippen LogP contribution is -2.47. The Morgan fingerprint density at radius 2 is 1.96 bits per heavy atom. The summed E-state index contributed by atoms with van der Waals surface area (Å²) in [4.78, 5) is 28.6. The van der Waals surface area contributed by atoms with E-state index in [1.54, 1.807) is 18.3 Å². The summed E-state index contributed by atoms with van der Waals surface area (Å²) >= 11 is 0. The van der Waals surface area contributed by atoms with E-state index in [0.717, 1.165) is 24.8 Å². The first-order valence-electron chi connectivity index (χ1n) is 8.55. The van der Waals surface area contributed by atoms with E-state index in [-0.39, 0.29) is 23.8 Å². The summed E-state index contributed by atoms with van der Waals surface area (Å²) in [5.41, 5.74) is 1.43. The minimum atomic E-state index is -0.221. The smallest absolute Gasteiger partial charge is 0.311 e. The van der Waals surface area contributed by atoms with Crippen molar-refractivity contribution in [1.82, 2.24) is 10.3 Å². The van der Waals surface area contributed by atoms with Gasteiger partial charge < -0.3 is 14.5 Å². The van der Waals surface area contributed by atoms with Gasteiger partial charge in [0.1, 0.15) is 0 Å². The summed E-state index contributed by atoms with van der Waals surface area (Å²) in [6.07, 6.45) is 6.11. The molecule has 0 radical (unpaired) electrons. The number of hydrogen-bond acceptors (Lipinski definition) is 5. The van der Waals surface area contributed by atoms with Crippen LogP contribution in [0.2, 0.25) is 0 Å². The molecule has 0 aliphatic heterocycles. The van der Waals surface area contributed by atoms with E-state index in [1.165, 1.54) is 13.5 Å². The van der Waals surface area contributed by atoms with Crippen LogP contribution in [0.15, 0.2) is 41.3 Å². The summed E-state index contributed by atoms with van der Waals surface area (Å²) < 4.78 is 10.2. The number of hydrogen-bond donors (Lipinski definition) is 1. The second kappa shape index (κ2) is 6.35. The molecule has 4 atom stereocenters. The third-order valence-electron chi connectivity index (χ3n) is 5.55. The number of rotatable bonds is 4. The van der Waals surface area contributed by atoms with Gasteiger partial charge in [-0.05, 0) is 43.2 Å². The van der Waals surface area contributed by atoms with Crippen LogP contribution in [-0.2, 0) is 9.53 Å². The van der Waals surface area contributed by atoms with E-state index in [1.807, 2.05) is 12.1 Å². The molecule has 1 heterocycles. The fraction of sp³-hybridized carbons (Fsp3) is 0.421. The first kappa shape index (κ1) is 15.9. The molecule has 130 valence electrons. The lowest BCUT2D eigenvalue weighted by molar-refractivity contribution is -0.148. The zero-order valence-corrected chi connectivity index (χ0v) is 14.0. The number of amides is 1. The largest absolute Gasteiger partial charge is 0.469 e. The van der Waals surface area contributed by atoms with E-state index >= 15 is 0 Å². The first-order chi connectivity index (χ1) is 12.2. The fourth-order valence-electron chi connectivity index (χ4n) is 4.35. The summed E-state index contributed by atoms with van der Waals surface area (Å²) in [5.74, 6) is 0.767. The Balaban J connectivity index is 1.49. The maximum atomic E-state index is 12.6. The third kappa shape index (κ3) is 2.81. The molecule has 6 nitrogen and oxygen atoms in total. The number of nitrogens with zero attached hydrogens (tertiary/aromatic N) is 1. The topological polar surface area (TPSA) is 81.4 Å². The molecule has 0 saturated heterocycles. The van der Waals surface area contributed by atoms with Gasteiger partial charge in [-0.2, -0.15) is 0 Å². The van der Waals surface area contributed by atoms with Crippen molar-refractivity contribution >= 4 is 11.9 Å². The van der Waals surface area contributed by atoms with Crippen LogP contribution < -0.4 is 5.32 Å². The van der Waals surface area contributed by atoms with Gasteiger partial charge >= 0.3 is 5.97 Å². The number of esters is 1. The van der Waals surface area contributed by atoms with Gasteiger partial charge in [-0.25, -0.2) is 4.98 Å². The zero-order valence-electron chi connectivity index (χ0n) is 14.0. The summed E-state index contributed by atoms with van der Waals surface area (Å²) in [5, 5.41) is 3.07. The zero-order chi connectivity index (χ0) is 17.4. The second-order valence-corrected chi connectivity index (χ2v) is 6.82. The van der Waals surface area contributed by atoms with Gasteiger partial charge in [-0.15, -0.1) is 0 Å². The predicted molar refractivity (Wildman–Crippen MR) is 89.5 cm³/mol. The molecule has 2 saturated carbocycles. The Morgan fingerprint density at radius 1 is 1.20 bits per heavy atom. The molecule has 2 fully saturated rings. The number of carbonyl (C=O) groups is 2. The van der Waals surface area contributed by atoms with Gasteiger partial charge in [-0.3, -0.25) is 9.59 Å². The Bertz CT molecular complexity index is 769. The van der Waals surface area contributed by atoms with Crippen LogP contribution >= 0.6 is 0 Å². The van der Waals surface area contributed by atoms with E-state index in [4.69, 9.17) is 9.15 Å². The van der Waals surface area contributed by atoms with Gasteiger partial charge in [0, 0.05) is 17.2 Å². The summed E-state index contributed by atoms with van der Waals surface area (Å²) in [6, 6.07) is 7.04. The predicted octanol–water partition coefficient (Wildman–Crippen LogP) is 2.66. The van der Waals surface area contributed by atoms with E-state index in [0.29, 0.717) is 23.2 Å². The average molecular weight is 340 g/mol. The number of fused-ring (bicyclic) bond motifs is 2. The van der Waals surface area contributed by atoms with Gasteiger partial charge in [0.15, 0.2) is 12.2 Å². The highest BCUT2D eigenvalue weighted by molar-refractivity contribution is 5.95. The molecule has 4 rings (SSSR count). The second-order valence-electron chi connectivity index (χ2n) is 6.82. The van der Waals surface area contributed by atoms with E-state index < -0.39 is 0 Å². The maximum absolute atomic E-state index is 12.6. The molecule has 25 heavy (non-hydrogen) atoms. The van der Waals surface area contributed by atoms with Crippen LogP contribution in [0.4, 0.5) is 0 Å². The Morgan fingerprint density at radius 3 is 2.64 bits per heavy atom. The quantitative estimate of drug-likeness (QED) is 0.866. The normalized spacial score (nSPS) is 27.2. The van der Waals surface area contributed by atoms with E-state index in [2.05, 4.69) is 10.3 Å². The van der Waals surface area contributed by atoms with Gasteiger partial charge in [0.05, 0.1) is 19.2 Å². The molecule has 1 aromatic carbocycles. The fourth-order valence-corrected chi connectivity index (χ4v) is 4.35. The third-order valence-corrected chi connectivity index (χ3v) is 5.55. The molecule has 2 aliphatic rings. The number of nitrogens with one attached hydrogen (secondary N) is 1. The van der Waals surface area contributed by atoms with Crippen LogP contribution in [0, 0.1) is 17.8 Å². The molecule has 0 unspecified atom stereocenters. The molecule has 2 aromatic rings. The number of benzene rings is 1. The van der Waals surface area contributed by atoms with Crippen molar-refractivity contribution in [2.24, 2.45) is 17.8 Å². The van der Waals surface area contributed by atoms with Crippen molar-refractivity contribution in [3.05, 3.63) is 42.4 Å². The highest BCUT2D eigenvalue weighted by Crippen LogP contribution is 2.49. The lowest BCUT2D eigenvalue weighted by atomic mass is 9.84. The lowest BCUT2D eigenvalue weighted by Gasteiger charge is -2.29. The van der Waals surface area contributed by atoms with Crippen LogP contribution in [0.5, 0.6) is 0 Å². The molecular formula is C19H20N2O4. The molecule has 2 bridgehead atoms. The van der Waals surface area contributed by atoms with E-state index in [9.17, 15) is 9.59 Å². The Labute approximate surface area is 145 Å². The number of carbonyl (C=O) groups excluding carboxylic acids is 2. The van der Waals surface area contributed by atoms with Gasteiger partial charge in [0.25, 0.3) is 5.91 Å². The molecule has 6 heteroatoms. The van der Waals surface area contributed by atoms with Crippen molar-refractivity contribution in [1.29, 1.82) is 0 Å². The number of aromatic nitrogens is 1. The minimum Gasteiger partial charge on any atom is -0.469 e. The van der Waals surface area contributed by atoms with Crippen LogP contribution in [0.3, 0.4) is 0 Å². The first-order valence-corrected chi connectivity index (χ1v) is 8.55. The van der Waals surface area contributed by atoms with Crippen molar-refractivity contribution < 1.29 is 18.7 Å². The number of oxazole rings is 1. The monoisotopic (exact) mass is 340 g/mol. The van der Waals surface area contributed by atoms with Gasteiger partial charge in [0.2, 0.25) is 0 Å². The van der Waals surface area contributed by atoms with Crippen LogP contribution in [-0.4, -0.2) is 30.0 Å². The van der Waals surface area contributed by atoms with Crippen LogP contribution in [0.1, 0.15) is 29.6 Å². The molecule has 2 aliphatic carbocycles. The average Bonchev–Trinajstić information content (AvgIpc) is 3.38. The highest BCUT2D eigenvalue weighted by atomic mass is 16.5. The highest BCUT2D eigenvalue weighted by Gasteiger charge is 2.52. The molecule has 0 spiro atoms. The molecule has 1 N–H and O–H groups in total. The number of ether oxygens (including phenoxy) is 1. The Hall–Kier alpha value is -2.63. The molecular weight excluding hydrogens is 320 g/mol. The summed E-state index contributed by atoms with van der Waals surface area (Å²) in [7, 11) is 1.41. The van der Waals surface area contributed by atoms with Crippen LogP contribution in [0.25, 0.3) is 11.3 Å².